The molecule has 14 heavy (non-hydrogen) atoms. The van der Waals surface area contributed by atoms with Crippen LogP contribution in [0, 0.1) is 0 Å². The maximum absolute atomic E-state index is 5.73. The summed E-state index contributed by atoms with van der Waals surface area (Å²) in [5, 5.41) is 3.32. The van der Waals surface area contributed by atoms with E-state index in [2.05, 4.69) is 32.7 Å². The van der Waals surface area contributed by atoms with E-state index in [0.717, 1.165) is 19.4 Å². The van der Waals surface area contributed by atoms with Gasteiger partial charge in [0.15, 0.2) is 0 Å². The van der Waals surface area contributed by atoms with Gasteiger partial charge in [-0.15, -0.1) is 6.58 Å². The van der Waals surface area contributed by atoms with Crippen molar-refractivity contribution in [1.29, 1.82) is 0 Å². The molecule has 0 fully saturated rings. The van der Waals surface area contributed by atoms with Crippen molar-refractivity contribution in [3.05, 3.63) is 12.2 Å². The minimum Gasteiger partial charge on any atom is -0.377 e. The van der Waals surface area contributed by atoms with E-state index in [4.69, 9.17) is 4.74 Å². The summed E-state index contributed by atoms with van der Waals surface area (Å²) in [5.41, 5.74) is 1.21. The lowest BCUT2D eigenvalue weighted by atomic mass is 10.00. The molecule has 0 aliphatic rings. The average molecular weight is 199 g/mol. The minimum absolute atomic E-state index is 0.326. The van der Waals surface area contributed by atoms with Crippen LogP contribution in [-0.2, 0) is 4.74 Å². The second kappa shape index (κ2) is 8.01. The van der Waals surface area contributed by atoms with Crippen LogP contribution >= 0.6 is 0 Å². The van der Waals surface area contributed by atoms with Crippen LogP contribution in [0.3, 0.4) is 0 Å². The van der Waals surface area contributed by atoms with Gasteiger partial charge in [-0.05, 0) is 33.7 Å². The van der Waals surface area contributed by atoms with Crippen molar-refractivity contribution in [3.8, 4) is 0 Å². The second-order valence-electron chi connectivity index (χ2n) is 3.84. The van der Waals surface area contributed by atoms with Crippen LogP contribution in [0.1, 0.15) is 40.0 Å². The summed E-state index contributed by atoms with van der Waals surface area (Å²) in [5.74, 6) is 0. The lowest BCUT2D eigenvalue weighted by Gasteiger charge is -2.26. The highest BCUT2D eigenvalue weighted by atomic mass is 16.5. The van der Waals surface area contributed by atoms with Crippen LogP contribution in [0.4, 0.5) is 0 Å². The van der Waals surface area contributed by atoms with E-state index in [1.807, 2.05) is 7.05 Å². The molecule has 0 rings (SSSR count). The molecule has 0 spiro atoms. The van der Waals surface area contributed by atoms with Gasteiger partial charge in [-0.25, -0.2) is 0 Å². The Bertz CT molecular complexity index is 150. The second-order valence-corrected chi connectivity index (χ2v) is 3.84. The Morgan fingerprint density at radius 1 is 1.43 bits per heavy atom. The van der Waals surface area contributed by atoms with E-state index in [0.29, 0.717) is 12.1 Å². The van der Waals surface area contributed by atoms with Crippen molar-refractivity contribution in [2.75, 3.05) is 13.7 Å². The predicted molar refractivity (Wildman–Crippen MR) is 62.6 cm³/mol. The Kier molecular flexibility index (Phi) is 7.81. The van der Waals surface area contributed by atoms with Crippen molar-refractivity contribution in [2.45, 2.75) is 52.2 Å². The highest BCUT2D eigenvalue weighted by molar-refractivity contribution is 4.95. The van der Waals surface area contributed by atoms with E-state index in [9.17, 15) is 0 Å². The van der Waals surface area contributed by atoms with Gasteiger partial charge in [0, 0.05) is 12.6 Å². The van der Waals surface area contributed by atoms with Crippen LogP contribution in [-0.4, -0.2) is 25.8 Å². The predicted octanol–water partition coefficient (Wildman–Crippen LogP) is 2.75. The lowest BCUT2D eigenvalue weighted by Crippen LogP contribution is -2.39. The molecule has 1 N–H and O–H groups in total. The molecule has 2 atom stereocenters. The van der Waals surface area contributed by atoms with Crippen LogP contribution in [0.25, 0.3) is 0 Å². The molecule has 84 valence electrons. The third-order valence-corrected chi connectivity index (χ3v) is 2.34. The molecule has 2 heteroatoms. The van der Waals surface area contributed by atoms with Crippen molar-refractivity contribution >= 4 is 0 Å². The van der Waals surface area contributed by atoms with Crippen molar-refractivity contribution < 1.29 is 4.74 Å². The normalized spacial score (nSPS) is 15.1. The van der Waals surface area contributed by atoms with Crippen LogP contribution < -0.4 is 5.32 Å². The molecule has 2 unspecified atom stereocenters. The van der Waals surface area contributed by atoms with Crippen molar-refractivity contribution in [2.24, 2.45) is 0 Å². The summed E-state index contributed by atoms with van der Waals surface area (Å²) in [6.45, 7) is 11.1. The Hall–Kier alpha value is -0.340. The van der Waals surface area contributed by atoms with Crippen molar-refractivity contribution in [3.63, 3.8) is 0 Å². The molecule has 0 saturated heterocycles. The molecule has 0 aromatic carbocycles. The monoisotopic (exact) mass is 199 g/mol. The van der Waals surface area contributed by atoms with E-state index in [1.54, 1.807) is 0 Å². The van der Waals surface area contributed by atoms with Gasteiger partial charge in [0.1, 0.15) is 0 Å². The Morgan fingerprint density at radius 3 is 2.43 bits per heavy atom. The topological polar surface area (TPSA) is 21.3 Å². The fraction of sp³-hybridized carbons (Fsp3) is 0.833. The summed E-state index contributed by atoms with van der Waals surface area (Å²) in [7, 11) is 2.00. The number of hydrogen-bond acceptors (Lipinski definition) is 2. The first-order chi connectivity index (χ1) is 6.65. The quantitative estimate of drug-likeness (QED) is 0.607. The molecule has 0 heterocycles. The molecule has 0 radical (unpaired) electrons. The molecule has 0 amide bonds. The van der Waals surface area contributed by atoms with Crippen LogP contribution in [0.15, 0.2) is 12.2 Å². The summed E-state index contributed by atoms with van der Waals surface area (Å²) in [6, 6.07) is 0.410. The van der Waals surface area contributed by atoms with Gasteiger partial charge in [-0.3, -0.25) is 0 Å². The number of rotatable bonds is 8. The molecule has 0 aliphatic carbocycles. The summed E-state index contributed by atoms with van der Waals surface area (Å²) < 4.78 is 5.73. The van der Waals surface area contributed by atoms with E-state index >= 15 is 0 Å². The first-order valence-electron chi connectivity index (χ1n) is 5.58. The molecule has 0 aromatic heterocycles. The smallest absolute Gasteiger partial charge is 0.0730 e. The molecular weight excluding hydrogens is 174 g/mol. The number of nitrogens with one attached hydrogen (secondary N) is 1. The Balaban J connectivity index is 4.16. The van der Waals surface area contributed by atoms with Crippen LogP contribution in [0.5, 0.6) is 0 Å². The maximum atomic E-state index is 5.73. The van der Waals surface area contributed by atoms with Gasteiger partial charge in [0.2, 0.25) is 0 Å². The summed E-state index contributed by atoms with van der Waals surface area (Å²) in [4.78, 5) is 0. The van der Waals surface area contributed by atoms with Gasteiger partial charge >= 0.3 is 0 Å². The first-order valence-corrected chi connectivity index (χ1v) is 5.58. The van der Waals surface area contributed by atoms with Gasteiger partial charge in [0.05, 0.1) is 6.10 Å². The number of likely N-dealkylation sites (N-methyl/N-ethyl adjacent to an activating group) is 1. The van der Waals surface area contributed by atoms with Gasteiger partial charge < -0.3 is 10.1 Å². The zero-order valence-corrected chi connectivity index (χ0v) is 10.1. The van der Waals surface area contributed by atoms with E-state index in [-0.39, 0.29) is 0 Å². The largest absolute Gasteiger partial charge is 0.377 e. The summed E-state index contributed by atoms with van der Waals surface area (Å²) in [6.07, 6.45) is 3.61. The Labute approximate surface area is 88.7 Å². The number of ether oxygens (including phenoxy) is 1. The fourth-order valence-electron chi connectivity index (χ4n) is 1.69. The molecule has 0 saturated carbocycles. The average Bonchev–Trinajstić information content (AvgIpc) is 2.13. The standard InChI is InChI=1S/C12H25NO/c1-6-8-12(14-7-2)11(13-5)9-10(3)4/h11-13H,3,6-9H2,1-2,4-5H3. The Morgan fingerprint density at radius 2 is 2.07 bits per heavy atom. The van der Waals surface area contributed by atoms with Gasteiger partial charge in [0.25, 0.3) is 0 Å². The zero-order chi connectivity index (χ0) is 11.0. The maximum Gasteiger partial charge on any atom is 0.0730 e. The summed E-state index contributed by atoms with van der Waals surface area (Å²) >= 11 is 0. The van der Waals surface area contributed by atoms with E-state index < -0.39 is 0 Å². The third kappa shape index (κ3) is 5.40. The zero-order valence-electron chi connectivity index (χ0n) is 10.1. The van der Waals surface area contributed by atoms with Gasteiger partial charge in [-0.1, -0.05) is 18.9 Å². The van der Waals surface area contributed by atoms with Crippen LogP contribution in [0.2, 0.25) is 0 Å². The number of hydrogen-bond donors (Lipinski definition) is 1. The fourth-order valence-corrected chi connectivity index (χ4v) is 1.69. The first kappa shape index (κ1) is 13.7. The van der Waals surface area contributed by atoms with E-state index in [1.165, 1.54) is 12.0 Å². The van der Waals surface area contributed by atoms with Crippen molar-refractivity contribution in [1.82, 2.24) is 5.32 Å². The highest BCUT2D eigenvalue weighted by Crippen LogP contribution is 2.13. The molecule has 0 bridgehead atoms. The molecular formula is C12H25NO. The lowest BCUT2D eigenvalue weighted by molar-refractivity contribution is 0.0301. The minimum atomic E-state index is 0.326. The molecule has 2 nitrogen and oxygen atoms in total. The third-order valence-electron chi connectivity index (χ3n) is 2.34. The SMILES string of the molecule is C=C(C)CC(NC)C(CCC)OCC. The molecule has 0 aromatic rings. The molecule has 0 aliphatic heterocycles. The van der Waals surface area contributed by atoms with Gasteiger partial charge in [-0.2, -0.15) is 0 Å². The highest BCUT2D eigenvalue weighted by Gasteiger charge is 2.19.